The van der Waals surface area contributed by atoms with Gasteiger partial charge < -0.3 is 23.7 Å². The first-order chi connectivity index (χ1) is 14.7. The van der Waals surface area contributed by atoms with E-state index in [0.29, 0.717) is 23.7 Å². The van der Waals surface area contributed by atoms with Gasteiger partial charge >= 0.3 is 0 Å². The maximum absolute atomic E-state index is 13.2. The predicted octanol–water partition coefficient (Wildman–Crippen LogP) is 2.53. The Morgan fingerprint density at radius 1 is 1.10 bits per heavy atom. The monoisotopic (exact) mass is 417 g/mol. The number of morpholine rings is 1. The SMILES string of the molecule is COc1ccc(C2=COC3CC(OCCN4CCOCC4)CCC3C2=O)cc1OC. The number of allylic oxidation sites excluding steroid dienone is 1. The van der Waals surface area contributed by atoms with Crippen molar-refractivity contribution in [1.82, 2.24) is 4.90 Å². The summed E-state index contributed by atoms with van der Waals surface area (Å²) in [5, 5.41) is 0. The van der Waals surface area contributed by atoms with Crippen LogP contribution in [-0.4, -0.2) is 76.6 Å². The predicted molar refractivity (Wildman–Crippen MR) is 112 cm³/mol. The summed E-state index contributed by atoms with van der Waals surface area (Å²) in [6.45, 7) is 5.19. The lowest BCUT2D eigenvalue weighted by atomic mass is 9.78. The fourth-order valence-electron chi connectivity index (χ4n) is 4.49. The first-order valence-electron chi connectivity index (χ1n) is 10.7. The summed E-state index contributed by atoms with van der Waals surface area (Å²) < 4.78 is 28.2. The van der Waals surface area contributed by atoms with Crippen molar-refractivity contribution in [3.8, 4) is 11.5 Å². The Kier molecular flexibility index (Phi) is 6.92. The van der Waals surface area contributed by atoms with Gasteiger partial charge in [-0.1, -0.05) is 6.07 Å². The Hall–Kier alpha value is -2.09. The minimum absolute atomic E-state index is 0.108. The minimum atomic E-state index is -0.114. The molecule has 0 spiro atoms. The van der Waals surface area contributed by atoms with Gasteiger partial charge in [-0.2, -0.15) is 0 Å². The van der Waals surface area contributed by atoms with E-state index in [4.69, 9.17) is 23.7 Å². The van der Waals surface area contributed by atoms with Gasteiger partial charge in [-0.25, -0.2) is 0 Å². The number of methoxy groups -OCH3 is 2. The maximum atomic E-state index is 13.2. The molecule has 1 saturated carbocycles. The Morgan fingerprint density at radius 3 is 2.67 bits per heavy atom. The minimum Gasteiger partial charge on any atom is -0.496 e. The number of ether oxygens (including phenoxy) is 5. The number of nitrogens with zero attached hydrogens (tertiary/aromatic N) is 1. The highest BCUT2D eigenvalue weighted by atomic mass is 16.5. The number of fused-ring (bicyclic) bond motifs is 1. The molecule has 1 aromatic rings. The zero-order chi connectivity index (χ0) is 20.9. The first kappa shape index (κ1) is 21.2. The zero-order valence-electron chi connectivity index (χ0n) is 17.8. The largest absolute Gasteiger partial charge is 0.496 e. The summed E-state index contributed by atoms with van der Waals surface area (Å²) >= 11 is 0. The second kappa shape index (κ2) is 9.81. The van der Waals surface area contributed by atoms with Crippen LogP contribution in [-0.2, 0) is 19.0 Å². The molecule has 7 heteroatoms. The van der Waals surface area contributed by atoms with Crippen molar-refractivity contribution in [3.05, 3.63) is 30.0 Å². The second-order valence-electron chi connectivity index (χ2n) is 8.01. The Labute approximate surface area is 177 Å². The molecule has 2 aliphatic heterocycles. The van der Waals surface area contributed by atoms with E-state index in [1.165, 1.54) is 0 Å². The molecule has 1 saturated heterocycles. The van der Waals surface area contributed by atoms with E-state index in [-0.39, 0.29) is 23.9 Å². The standard InChI is InChI=1S/C23H31NO6/c1-26-20-6-3-16(13-22(20)27-2)19-15-30-21-14-17(4-5-18(21)23(19)25)29-12-9-24-7-10-28-11-8-24/h3,6,13,15,17-18,21H,4-5,7-12,14H2,1-2H3. The lowest BCUT2D eigenvalue weighted by molar-refractivity contribution is -0.128. The molecule has 164 valence electrons. The molecule has 0 aromatic heterocycles. The van der Waals surface area contributed by atoms with Gasteiger partial charge in [0, 0.05) is 26.1 Å². The molecule has 1 aromatic carbocycles. The summed E-state index contributed by atoms with van der Waals surface area (Å²) in [6.07, 6.45) is 4.09. The molecule has 2 fully saturated rings. The van der Waals surface area contributed by atoms with Gasteiger partial charge in [0.05, 0.1) is 57.9 Å². The van der Waals surface area contributed by atoms with Crippen LogP contribution in [0.4, 0.5) is 0 Å². The molecule has 0 amide bonds. The molecular formula is C23H31NO6. The van der Waals surface area contributed by atoms with Gasteiger partial charge in [0.25, 0.3) is 0 Å². The van der Waals surface area contributed by atoms with E-state index in [2.05, 4.69) is 4.90 Å². The quantitative estimate of drug-likeness (QED) is 0.675. The lowest BCUT2D eigenvalue weighted by Crippen LogP contribution is -2.42. The van der Waals surface area contributed by atoms with E-state index in [1.54, 1.807) is 20.5 Å². The highest BCUT2D eigenvalue weighted by molar-refractivity contribution is 6.22. The van der Waals surface area contributed by atoms with Gasteiger partial charge in [-0.15, -0.1) is 0 Å². The van der Waals surface area contributed by atoms with Crippen LogP contribution >= 0.6 is 0 Å². The smallest absolute Gasteiger partial charge is 0.173 e. The first-order valence-corrected chi connectivity index (χ1v) is 10.7. The van der Waals surface area contributed by atoms with Crippen molar-refractivity contribution >= 4 is 11.4 Å². The van der Waals surface area contributed by atoms with Crippen molar-refractivity contribution in [2.24, 2.45) is 5.92 Å². The van der Waals surface area contributed by atoms with Crippen molar-refractivity contribution in [3.63, 3.8) is 0 Å². The third kappa shape index (κ3) is 4.63. The molecule has 0 radical (unpaired) electrons. The van der Waals surface area contributed by atoms with Crippen LogP contribution in [0.5, 0.6) is 11.5 Å². The summed E-state index contributed by atoms with van der Waals surface area (Å²) in [5.74, 6) is 1.27. The van der Waals surface area contributed by atoms with Gasteiger partial charge in [-0.05, 0) is 30.5 Å². The molecule has 3 atom stereocenters. The van der Waals surface area contributed by atoms with Crippen LogP contribution in [0.25, 0.3) is 5.57 Å². The maximum Gasteiger partial charge on any atom is 0.173 e. The number of carbonyl (C=O) groups excluding carboxylic acids is 1. The highest BCUT2D eigenvalue weighted by Crippen LogP contribution is 2.39. The number of Topliss-reactive ketones (excluding diaryl/α,β-unsaturated/α-hetero) is 1. The van der Waals surface area contributed by atoms with Crippen molar-refractivity contribution < 1.29 is 28.5 Å². The second-order valence-corrected chi connectivity index (χ2v) is 8.01. The summed E-state index contributed by atoms with van der Waals surface area (Å²) in [7, 11) is 3.18. The lowest BCUT2D eigenvalue weighted by Gasteiger charge is -2.38. The van der Waals surface area contributed by atoms with E-state index < -0.39 is 0 Å². The molecule has 30 heavy (non-hydrogen) atoms. The fourth-order valence-corrected chi connectivity index (χ4v) is 4.49. The molecular weight excluding hydrogens is 386 g/mol. The van der Waals surface area contributed by atoms with E-state index >= 15 is 0 Å². The number of ketones is 1. The number of hydrogen-bond acceptors (Lipinski definition) is 7. The Bertz CT molecular complexity index is 773. The fraction of sp³-hybridized carbons (Fsp3) is 0.609. The van der Waals surface area contributed by atoms with Gasteiger partial charge in [-0.3, -0.25) is 9.69 Å². The topological polar surface area (TPSA) is 66.5 Å². The van der Waals surface area contributed by atoms with Crippen molar-refractivity contribution in [2.45, 2.75) is 31.5 Å². The molecule has 0 N–H and O–H groups in total. The Balaban J connectivity index is 1.34. The van der Waals surface area contributed by atoms with Crippen LogP contribution in [0.3, 0.4) is 0 Å². The third-order valence-corrected chi connectivity index (χ3v) is 6.27. The summed E-state index contributed by atoms with van der Waals surface area (Å²) in [4.78, 5) is 15.5. The molecule has 1 aliphatic carbocycles. The Morgan fingerprint density at radius 2 is 1.90 bits per heavy atom. The van der Waals surface area contributed by atoms with Crippen molar-refractivity contribution in [1.29, 1.82) is 0 Å². The number of benzene rings is 1. The van der Waals surface area contributed by atoms with E-state index in [1.807, 2.05) is 18.2 Å². The molecule has 3 unspecified atom stereocenters. The number of carbonyl (C=O) groups is 1. The van der Waals surface area contributed by atoms with Crippen LogP contribution < -0.4 is 9.47 Å². The average Bonchev–Trinajstić information content (AvgIpc) is 2.79. The van der Waals surface area contributed by atoms with Crippen LogP contribution in [0.15, 0.2) is 24.5 Å². The number of hydrogen-bond donors (Lipinski definition) is 0. The van der Waals surface area contributed by atoms with Gasteiger partial charge in [0.2, 0.25) is 0 Å². The van der Waals surface area contributed by atoms with E-state index in [0.717, 1.165) is 57.7 Å². The van der Waals surface area contributed by atoms with Gasteiger partial charge in [0.15, 0.2) is 17.3 Å². The molecule has 3 aliphatic rings. The van der Waals surface area contributed by atoms with E-state index in [9.17, 15) is 4.79 Å². The normalized spacial score (nSPS) is 27.1. The summed E-state index contributed by atoms with van der Waals surface area (Å²) in [5.41, 5.74) is 1.39. The summed E-state index contributed by atoms with van der Waals surface area (Å²) in [6, 6.07) is 5.51. The molecule has 0 bridgehead atoms. The number of rotatable bonds is 7. The highest BCUT2D eigenvalue weighted by Gasteiger charge is 2.40. The molecule has 4 rings (SSSR count). The van der Waals surface area contributed by atoms with Crippen LogP contribution in [0, 0.1) is 5.92 Å². The van der Waals surface area contributed by atoms with Crippen LogP contribution in [0.2, 0.25) is 0 Å². The van der Waals surface area contributed by atoms with Crippen molar-refractivity contribution in [2.75, 3.05) is 53.7 Å². The molecule has 7 nitrogen and oxygen atoms in total. The zero-order valence-corrected chi connectivity index (χ0v) is 17.8. The van der Waals surface area contributed by atoms with Crippen LogP contribution in [0.1, 0.15) is 24.8 Å². The third-order valence-electron chi connectivity index (χ3n) is 6.27. The average molecular weight is 418 g/mol. The molecule has 2 heterocycles. The van der Waals surface area contributed by atoms with Gasteiger partial charge in [0.1, 0.15) is 6.10 Å².